The molecular formula is C11H7BrN4S2. The molecule has 0 saturated carbocycles. The molecule has 0 amide bonds. The van der Waals surface area contributed by atoms with E-state index in [1.54, 1.807) is 23.7 Å². The molecule has 0 aliphatic heterocycles. The van der Waals surface area contributed by atoms with Gasteiger partial charge in [0.1, 0.15) is 10.7 Å². The van der Waals surface area contributed by atoms with E-state index in [4.69, 9.17) is 0 Å². The van der Waals surface area contributed by atoms with Gasteiger partial charge in [0, 0.05) is 18.6 Å². The highest BCUT2D eigenvalue weighted by Crippen LogP contribution is 2.33. The van der Waals surface area contributed by atoms with Gasteiger partial charge in [0.15, 0.2) is 5.16 Å². The number of hydrogen-bond acceptors (Lipinski definition) is 6. The lowest BCUT2D eigenvalue weighted by atomic mass is 10.4. The van der Waals surface area contributed by atoms with Gasteiger partial charge < -0.3 is 0 Å². The fourth-order valence-electron chi connectivity index (χ4n) is 1.48. The smallest absolute Gasteiger partial charge is 0.187 e. The molecule has 3 aromatic rings. The van der Waals surface area contributed by atoms with Crippen LogP contribution in [0.1, 0.15) is 0 Å². The minimum atomic E-state index is 0.741. The number of pyridine rings is 1. The summed E-state index contributed by atoms with van der Waals surface area (Å²) in [4.78, 5) is 17.4. The topological polar surface area (TPSA) is 51.6 Å². The molecule has 0 atom stereocenters. The Morgan fingerprint density at radius 2 is 2.17 bits per heavy atom. The third-order valence-electron chi connectivity index (χ3n) is 2.30. The molecule has 0 N–H and O–H groups in total. The van der Waals surface area contributed by atoms with Crippen LogP contribution < -0.4 is 0 Å². The zero-order valence-electron chi connectivity index (χ0n) is 9.29. The summed E-state index contributed by atoms with van der Waals surface area (Å²) >= 11 is 6.57. The van der Waals surface area contributed by atoms with E-state index in [0.717, 1.165) is 30.5 Å². The highest BCUT2D eigenvalue weighted by Gasteiger charge is 2.12. The van der Waals surface area contributed by atoms with Crippen molar-refractivity contribution in [2.45, 2.75) is 5.16 Å². The van der Waals surface area contributed by atoms with E-state index in [-0.39, 0.29) is 0 Å². The summed E-state index contributed by atoms with van der Waals surface area (Å²) in [5.41, 5.74) is 1.77. The lowest BCUT2D eigenvalue weighted by Crippen LogP contribution is -1.90. The van der Waals surface area contributed by atoms with Gasteiger partial charge in [0.05, 0.1) is 14.7 Å². The molecule has 0 bridgehead atoms. The number of hydrogen-bond donors (Lipinski definition) is 0. The fraction of sp³-hybridized carbons (Fsp3) is 0.0909. The minimum absolute atomic E-state index is 0.741. The first-order valence-corrected chi connectivity index (χ1v) is 7.89. The van der Waals surface area contributed by atoms with Crippen molar-refractivity contribution in [2.24, 2.45) is 0 Å². The summed E-state index contributed by atoms with van der Waals surface area (Å²) < 4.78 is 1.91. The van der Waals surface area contributed by atoms with Crippen molar-refractivity contribution in [2.75, 3.05) is 6.26 Å². The maximum absolute atomic E-state index is 4.57. The fourth-order valence-corrected chi connectivity index (χ4v) is 3.27. The van der Waals surface area contributed by atoms with Crippen LogP contribution in [0, 0.1) is 0 Å². The summed E-state index contributed by atoms with van der Waals surface area (Å²) in [7, 11) is 0. The van der Waals surface area contributed by atoms with Crippen LogP contribution in [0.15, 0.2) is 34.3 Å². The number of aromatic nitrogens is 4. The molecular weight excluding hydrogens is 332 g/mol. The first-order chi connectivity index (χ1) is 8.78. The van der Waals surface area contributed by atoms with E-state index in [1.165, 1.54) is 11.8 Å². The molecule has 0 radical (unpaired) electrons. The molecule has 18 heavy (non-hydrogen) atoms. The van der Waals surface area contributed by atoms with Crippen molar-refractivity contribution in [1.29, 1.82) is 0 Å². The molecule has 0 fully saturated rings. The zero-order chi connectivity index (χ0) is 12.5. The van der Waals surface area contributed by atoms with Crippen LogP contribution in [0.4, 0.5) is 0 Å². The Balaban J connectivity index is 2.19. The molecule has 3 rings (SSSR count). The van der Waals surface area contributed by atoms with Crippen LogP contribution in [0.25, 0.3) is 20.9 Å². The molecule has 4 nitrogen and oxygen atoms in total. The molecule has 3 aromatic heterocycles. The molecule has 0 aliphatic rings. The Morgan fingerprint density at radius 3 is 2.94 bits per heavy atom. The first-order valence-electron chi connectivity index (χ1n) is 5.05. The second kappa shape index (κ2) is 4.91. The van der Waals surface area contributed by atoms with E-state index in [9.17, 15) is 0 Å². The minimum Gasteiger partial charge on any atom is -0.263 e. The number of thiazole rings is 1. The largest absolute Gasteiger partial charge is 0.263 e. The summed E-state index contributed by atoms with van der Waals surface area (Å²) in [6.07, 6.45) is 7.28. The molecule has 0 aromatic carbocycles. The van der Waals surface area contributed by atoms with Crippen molar-refractivity contribution < 1.29 is 0 Å². The van der Waals surface area contributed by atoms with Crippen LogP contribution in [0.3, 0.4) is 0 Å². The highest BCUT2D eigenvalue weighted by molar-refractivity contribution is 9.10. The van der Waals surface area contributed by atoms with Gasteiger partial charge in [-0.05, 0) is 28.3 Å². The number of halogens is 1. The van der Waals surface area contributed by atoms with Gasteiger partial charge in [-0.15, -0.1) is 11.3 Å². The molecule has 0 spiro atoms. The van der Waals surface area contributed by atoms with Crippen LogP contribution in [-0.4, -0.2) is 26.2 Å². The van der Waals surface area contributed by atoms with Gasteiger partial charge in [-0.2, -0.15) is 0 Å². The van der Waals surface area contributed by atoms with E-state index in [1.807, 2.05) is 18.5 Å². The van der Waals surface area contributed by atoms with Crippen LogP contribution >= 0.6 is 39.0 Å². The standard InChI is InChI=1S/C11H7BrN4S2/c1-17-11-14-4-6(12)9(16-11)10-15-7-2-3-13-5-8(7)18-10/h2-5H,1H3. The van der Waals surface area contributed by atoms with Crippen molar-refractivity contribution in [3.05, 3.63) is 29.1 Å². The van der Waals surface area contributed by atoms with Crippen molar-refractivity contribution in [3.8, 4) is 10.7 Å². The van der Waals surface area contributed by atoms with E-state index < -0.39 is 0 Å². The van der Waals surface area contributed by atoms with E-state index in [0.29, 0.717) is 0 Å². The summed E-state index contributed by atoms with van der Waals surface area (Å²) in [6, 6.07) is 1.90. The van der Waals surface area contributed by atoms with Gasteiger partial charge in [-0.3, -0.25) is 4.98 Å². The normalized spacial score (nSPS) is 11.0. The van der Waals surface area contributed by atoms with Gasteiger partial charge >= 0.3 is 0 Å². The van der Waals surface area contributed by atoms with E-state index >= 15 is 0 Å². The zero-order valence-corrected chi connectivity index (χ0v) is 12.5. The van der Waals surface area contributed by atoms with Crippen LogP contribution in [0.2, 0.25) is 0 Å². The quantitative estimate of drug-likeness (QED) is 0.527. The highest BCUT2D eigenvalue weighted by atomic mass is 79.9. The maximum Gasteiger partial charge on any atom is 0.187 e. The second-order valence-corrected chi connectivity index (χ2v) is 6.07. The Kier molecular flexibility index (Phi) is 3.27. The van der Waals surface area contributed by atoms with E-state index in [2.05, 4.69) is 35.9 Å². The maximum atomic E-state index is 4.57. The molecule has 7 heteroatoms. The van der Waals surface area contributed by atoms with Gasteiger partial charge in [-0.1, -0.05) is 11.8 Å². The summed E-state index contributed by atoms with van der Waals surface area (Å²) in [6.45, 7) is 0. The average Bonchev–Trinajstić information content (AvgIpc) is 2.82. The first kappa shape index (κ1) is 12.0. The third-order valence-corrected chi connectivity index (χ3v) is 4.45. The SMILES string of the molecule is CSc1ncc(Br)c(-c2nc3ccncc3s2)n1. The Morgan fingerprint density at radius 1 is 1.28 bits per heavy atom. The lowest BCUT2D eigenvalue weighted by molar-refractivity contribution is 0.967. The Bertz CT molecular complexity index is 680. The monoisotopic (exact) mass is 338 g/mol. The lowest BCUT2D eigenvalue weighted by Gasteiger charge is -2.00. The molecule has 0 unspecified atom stereocenters. The number of thioether (sulfide) groups is 1. The van der Waals surface area contributed by atoms with Crippen LogP contribution in [0.5, 0.6) is 0 Å². The predicted molar refractivity (Wildman–Crippen MR) is 77.9 cm³/mol. The number of fused-ring (bicyclic) bond motifs is 1. The van der Waals surface area contributed by atoms with Gasteiger partial charge in [0.2, 0.25) is 0 Å². The predicted octanol–water partition coefficient (Wildman–Crippen LogP) is 3.63. The molecule has 90 valence electrons. The second-order valence-electron chi connectivity index (χ2n) is 3.42. The number of nitrogens with zero attached hydrogens (tertiary/aromatic N) is 4. The van der Waals surface area contributed by atoms with Crippen molar-refractivity contribution in [3.63, 3.8) is 0 Å². The van der Waals surface area contributed by atoms with Crippen molar-refractivity contribution >= 4 is 49.2 Å². The molecule has 0 aliphatic carbocycles. The van der Waals surface area contributed by atoms with Gasteiger partial charge in [0.25, 0.3) is 0 Å². The average molecular weight is 339 g/mol. The van der Waals surface area contributed by atoms with Gasteiger partial charge in [-0.25, -0.2) is 15.0 Å². The summed E-state index contributed by atoms with van der Waals surface area (Å²) in [5.74, 6) is 0. The third kappa shape index (κ3) is 2.13. The molecule has 0 saturated heterocycles. The summed E-state index contributed by atoms with van der Waals surface area (Å²) in [5, 5.41) is 1.62. The van der Waals surface area contributed by atoms with Crippen LogP contribution in [-0.2, 0) is 0 Å². The Labute approximate surface area is 120 Å². The Hall–Kier alpha value is -1.05. The molecule has 3 heterocycles. The number of rotatable bonds is 2. The van der Waals surface area contributed by atoms with Crippen molar-refractivity contribution in [1.82, 2.24) is 19.9 Å².